The molecule has 110 valence electrons. The first-order valence-electron chi connectivity index (χ1n) is 6.73. The fourth-order valence-corrected chi connectivity index (χ4v) is 2.54. The lowest BCUT2D eigenvalue weighted by Gasteiger charge is -2.25. The number of aldehydes is 1. The third-order valence-corrected chi connectivity index (χ3v) is 3.37. The molecule has 0 aromatic carbocycles. The molecular weight excluding hydrogens is 260 g/mol. The zero-order valence-electron chi connectivity index (χ0n) is 12.0. The van der Waals surface area contributed by atoms with Crippen LogP contribution in [0.3, 0.4) is 0 Å². The van der Waals surface area contributed by atoms with E-state index in [9.17, 15) is 9.59 Å². The van der Waals surface area contributed by atoms with Gasteiger partial charge < -0.3 is 19.0 Å². The van der Waals surface area contributed by atoms with Crippen molar-refractivity contribution in [3.05, 3.63) is 24.3 Å². The third-order valence-electron chi connectivity index (χ3n) is 3.37. The molecule has 3 atom stereocenters. The Morgan fingerprint density at radius 3 is 2.80 bits per heavy atom. The highest BCUT2D eigenvalue weighted by molar-refractivity contribution is 5.82. The van der Waals surface area contributed by atoms with Crippen molar-refractivity contribution < 1.29 is 23.8 Å². The number of carbonyl (C=O) groups excluding carboxylic acids is 2. The molecule has 1 fully saturated rings. The first-order valence-corrected chi connectivity index (χ1v) is 6.73. The van der Waals surface area contributed by atoms with Crippen LogP contribution < -0.4 is 0 Å². The third kappa shape index (κ3) is 3.35. The summed E-state index contributed by atoms with van der Waals surface area (Å²) in [4.78, 5) is 21.9. The molecule has 5 heteroatoms. The molecule has 1 saturated heterocycles. The Morgan fingerprint density at radius 1 is 1.40 bits per heavy atom. The van der Waals surface area contributed by atoms with Crippen LogP contribution in [0.25, 0.3) is 0 Å². The summed E-state index contributed by atoms with van der Waals surface area (Å²) in [5.41, 5.74) is -0.710. The van der Waals surface area contributed by atoms with Gasteiger partial charge >= 0.3 is 5.97 Å². The van der Waals surface area contributed by atoms with Crippen LogP contribution in [0.4, 0.5) is 0 Å². The highest BCUT2D eigenvalue weighted by Crippen LogP contribution is 2.38. The SMILES string of the molecule is CC1(C)O[C@H](CC=O)[C@@](C)(/C=C/[C@H]2CC=CC(=O)O2)O1. The molecule has 0 unspecified atom stereocenters. The molecule has 2 heterocycles. The Balaban J connectivity index is 2.10. The molecule has 0 saturated carbocycles. The first kappa shape index (κ1) is 14.9. The molecule has 0 N–H and O–H groups in total. The van der Waals surface area contributed by atoms with E-state index in [0.717, 1.165) is 6.29 Å². The van der Waals surface area contributed by atoms with Crippen LogP contribution in [-0.4, -0.2) is 35.9 Å². The maximum Gasteiger partial charge on any atom is 0.331 e. The second-order valence-corrected chi connectivity index (χ2v) is 5.67. The van der Waals surface area contributed by atoms with Gasteiger partial charge in [0.25, 0.3) is 0 Å². The van der Waals surface area contributed by atoms with E-state index in [1.54, 1.807) is 12.2 Å². The van der Waals surface area contributed by atoms with Gasteiger partial charge in [-0.2, -0.15) is 0 Å². The lowest BCUT2D eigenvalue weighted by atomic mass is 9.95. The number of hydrogen-bond donors (Lipinski definition) is 0. The smallest absolute Gasteiger partial charge is 0.331 e. The van der Waals surface area contributed by atoms with Gasteiger partial charge in [-0.25, -0.2) is 4.79 Å². The lowest BCUT2D eigenvalue weighted by molar-refractivity contribution is -0.154. The normalized spacial score (nSPS) is 36.2. The van der Waals surface area contributed by atoms with Crippen LogP contribution in [0.5, 0.6) is 0 Å². The summed E-state index contributed by atoms with van der Waals surface area (Å²) >= 11 is 0. The Bertz CT molecular complexity index is 451. The van der Waals surface area contributed by atoms with Crippen molar-refractivity contribution in [3.63, 3.8) is 0 Å². The Morgan fingerprint density at radius 2 is 2.15 bits per heavy atom. The van der Waals surface area contributed by atoms with Gasteiger partial charge in [0.05, 0.1) is 6.10 Å². The monoisotopic (exact) mass is 280 g/mol. The van der Waals surface area contributed by atoms with Gasteiger partial charge in [0.15, 0.2) is 5.79 Å². The van der Waals surface area contributed by atoms with Gasteiger partial charge in [-0.3, -0.25) is 0 Å². The number of rotatable bonds is 4. The van der Waals surface area contributed by atoms with Crippen molar-refractivity contribution in [3.8, 4) is 0 Å². The highest BCUT2D eigenvalue weighted by atomic mass is 16.8. The largest absolute Gasteiger partial charge is 0.455 e. The molecule has 2 aliphatic heterocycles. The first-order chi connectivity index (χ1) is 9.35. The predicted octanol–water partition coefficient (Wildman–Crippen LogP) is 1.91. The number of cyclic esters (lactones) is 1. The van der Waals surface area contributed by atoms with Gasteiger partial charge in [-0.15, -0.1) is 0 Å². The zero-order valence-corrected chi connectivity index (χ0v) is 12.0. The van der Waals surface area contributed by atoms with Crippen molar-refractivity contribution in [1.29, 1.82) is 0 Å². The summed E-state index contributed by atoms with van der Waals surface area (Å²) in [5, 5.41) is 0. The molecule has 5 nitrogen and oxygen atoms in total. The van der Waals surface area contributed by atoms with Crippen LogP contribution >= 0.6 is 0 Å². The number of esters is 1. The van der Waals surface area contributed by atoms with Gasteiger partial charge in [0.2, 0.25) is 0 Å². The van der Waals surface area contributed by atoms with Crippen molar-refractivity contribution in [2.75, 3.05) is 0 Å². The van der Waals surface area contributed by atoms with Crippen LogP contribution in [0.15, 0.2) is 24.3 Å². The molecular formula is C15H20O5. The van der Waals surface area contributed by atoms with E-state index >= 15 is 0 Å². The fraction of sp³-hybridized carbons (Fsp3) is 0.600. The summed E-state index contributed by atoms with van der Waals surface area (Å²) in [6.45, 7) is 5.49. The van der Waals surface area contributed by atoms with E-state index in [1.807, 2.05) is 26.8 Å². The van der Waals surface area contributed by atoms with E-state index in [0.29, 0.717) is 6.42 Å². The molecule has 0 aromatic rings. The summed E-state index contributed by atoms with van der Waals surface area (Å²) in [6, 6.07) is 0. The maximum absolute atomic E-state index is 11.2. The van der Waals surface area contributed by atoms with Gasteiger partial charge in [-0.05, 0) is 26.8 Å². The molecule has 20 heavy (non-hydrogen) atoms. The van der Waals surface area contributed by atoms with Gasteiger partial charge in [-0.1, -0.05) is 12.2 Å². The molecule has 0 aliphatic carbocycles. The molecule has 2 aliphatic rings. The summed E-state index contributed by atoms with van der Waals surface area (Å²) in [7, 11) is 0. The minimum absolute atomic E-state index is 0.259. The average molecular weight is 280 g/mol. The zero-order chi connectivity index (χ0) is 14.8. The van der Waals surface area contributed by atoms with Crippen molar-refractivity contribution >= 4 is 12.3 Å². The summed E-state index contributed by atoms with van der Waals surface area (Å²) < 4.78 is 16.8. The van der Waals surface area contributed by atoms with Gasteiger partial charge in [0.1, 0.15) is 18.0 Å². The van der Waals surface area contributed by atoms with E-state index in [1.165, 1.54) is 6.08 Å². The van der Waals surface area contributed by atoms with Crippen LogP contribution in [0.1, 0.15) is 33.6 Å². The van der Waals surface area contributed by atoms with Crippen LogP contribution in [-0.2, 0) is 23.8 Å². The van der Waals surface area contributed by atoms with Crippen molar-refractivity contribution in [1.82, 2.24) is 0 Å². The van der Waals surface area contributed by atoms with E-state index < -0.39 is 11.4 Å². The van der Waals surface area contributed by atoms with E-state index in [2.05, 4.69) is 0 Å². The van der Waals surface area contributed by atoms with Crippen molar-refractivity contribution in [2.24, 2.45) is 0 Å². The minimum atomic E-state index is -0.740. The molecule has 0 aromatic heterocycles. The number of ether oxygens (including phenoxy) is 3. The molecule has 0 amide bonds. The van der Waals surface area contributed by atoms with Crippen LogP contribution in [0, 0.1) is 0 Å². The molecule has 2 rings (SSSR count). The topological polar surface area (TPSA) is 61.8 Å². The molecule has 0 spiro atoms. The van der Waals surface area contributed by atoms with E-state index in [-0.39, 0.29) is 24.6 Å². The standard InChI is InChI=1S/C15H20O5/c1-14(2)19-12(8-10-16)15(3,20-14)9-7-11-5-4-6-13(17)18-11/h4,6-7,9-12H,5,8H2,1-3H3/b9-7+/t11-,12-,15-/m1/s1. The Kier molecular flexibility index (Phi) is 4.11. The Labute approximate surface area is 118 Å². The number of carbonyl (C=O) groups is 2. The Hall–Kier alpha value is -1.46. The predicted molar refractivity (Wildman–Crippen MR) is 71.9 cm³/mol. The van der Waals surface area contributed by atoms with Crippen LogP contribution in [0.2, 0.25) is 0 Å². The molecule has 0 radical (unpaired) electrons. The fourth-order valence-electron chi connectivity index (χ4n) is 2.54. The summed E-state index contributed by atoms with van der Waals surface area (Å²) in [6.07, 6.45) is 7.90. The maximum atomic E-state index is 11.2. The number of hydrogen-bond acceptors (Lipinski definition) is 5. The summed E-state index contributed by atoms with van der Waals surface area (Å²) in [5.74, 6) is -1.08. The minimum Gasteiger partial charge on any atom is -0.455 e. The quantitative estimate of drug-likeness (QED) is 0.447. The highest BCUT2D eigenvalue weighted by Gasteiger charge is 2.48. The van der Waals surface area contributed by atoms with Crippen molar-refractivity contribution in [2.45, 2.75) is 57.2 Å². The lowest BCUT2D eigenvalue weighted by Crippen LogP contribution is -2.35. The van der Waals surface area contributed by atoms with Gasteiger partial charge in [0, 0.05) is 18.9 Å². The second kappa shape index (κ2) is 5.50. The second-order valence-electron chi connectivity index (χ2n) is 5.67. The molecule has 0 bridgehead atoms. The average Bonchev–Trinajstić information content (AvgIpc) is 2.58. The van der Waals surface area contributed by atoms with E-state index in [4.69, 9.17) is 14.2 Å².